The summed E-state index contributed by atoms with van der Waals surface area (Å²) in [6, 6.07) is 1.12. The molecular weight excluding hydrogens is 404 g/mol. The molecule has 3 aliphatic carbocycles. The molecule has 0 saturated heterocycles. The van der Waals surface area contributed by atoms with Crippen LogP contribution in [0.4, 0.5) is 5.69 Å². The number of aliphatic hydroxyl groups excluding tert-OH is 2. The highest BCUT2D eigenvalue weighted by molar-refractivity contribution is 6.33. The van der Waals surface area contributed by atoms with Crippen molar-refractivity contribution < 1.29 is 34.8 Å². The second-order valence-corrected chi connectivity index (χ2v) is 7.96. The zero-order valence-electron chi connectivity index (χ0n) is 14.9. The van der Waals surface area contributed by atoms with Gasteiger partial charge in [0.1, 0.15) is 22.8 Å². The summed E-state index contributed by atoms with van der Waals surface area (Å²) in [6.07, 6.45) is -0.220. The van der Waals surface area contributed by atoms with Gasteiger partial charge in [-0.1, -0.05) is 11.6 Å². The number of aliphatic hydroxyl groups is 3. The Bertz CT molecular complexity index is 1090. The molecule has 9 nitrogen and oxygen atoms in total. The molecule has 0 aromatic heterocycles. The number of halogens is 1. The van der Waals surface area contributed by atoms with E-state index in [2.05, 4.69) is 0 Å². The number of carbonyl (C=O) groups excluding carboxylic acids is 3. The molecule has 0 radical (unpaired) electrons. The standard InChI is InChI=1S/C19H17ClN2O7/c20-8-4-10(24)12-7(14(8)21)2-5-1-6-3-9(23)13(18(22)28)17(27)19(6,29)16(26)11(5)15(12)25/h4-6,24-25,27,29H,1-3,21H2,(H2,22,28)/t5-,6+,19+/m1/s1. The van der Waals surface area contributed by atoms with E-state index in [0.29, 0.717) is 5.56 Å². The van der Waals surface area contributed by atoms with Crippen LogP contribution in [0.1, 0.15) is 24.0 Å². The minimum Gasteiger partial charge on any atom is -0.508 e. The van der Waals surface area contributed by atoms with E-state index in [0.717, 1.165) is 6.07 Å². The van der Waals surface area contributed by atoms with Gasteiger partial charge in [-0.2, -0.15) is 0 Å². The molecule has 4 rings (SSSR count). The number of hydrogen-bond acceptors (Lipinski definition) is 8. The van der Waals surface area contributed by atoms with Gasteiger partial charge in [0.05, 0.1) is 16.3 Å². The minimum absolute atomic E-state index is 0.0373. The number of benzene rings is 1. The molecule has 3 aliphatic rings. The van der Waals surface area contributed by atoms with Crippen molar-refractivity contribution in [1.82, 2.24) is 0 Å². The fourth-order valence-electron chi connectivity index (χ4n) is 4.69. The van der Waals surface area contributed by atoms with Crippen molar-refractivity contribution >= 4 is 40.5 Å². The third-order valence-corrected chi connectivity index (χ3v) is 6.37. The van der Waals surface area contributed by atoms with E-state index < -0.39 is 57.8 Å². The van der Waals surface area contributed by atoms with Gasteiger partial charge in [0, 0.05) is 24.0 Å². The Balaban J connectivity index is 1.96. The molecule has 0 heterocycles. The van der Waals surface area contributed by atoms with Gasteiger partial charge < -0.3 is 31.9 Å². The molecule has 1 aromatic carbocycles. The van der Waals surface area contributed by atoms with Gasteiger partial charge in [0.15, 0.2) is 11.4 Å². The van der Waals surface area contributed by atoms with Crippen LogP contribution in [0.2, 0.25) is 5.02 Å². The summed E-state index contributed by atoms with van der Waals surface area (Å²) in [5.41, 5.74) is 7.87. The highest BCUT2D eigenvalue weighted by Crippen LogP contribution is 2.53. The summed E-state index contributed by atoms with van der Waals surface area (Å²) in [7, 11) is 0. The largest absolute Gasteiger partial charge is 0.508 e. The number of aromatic hydroxyl groups is 1. The number of carbonyl (C=O) groups is 3. The van der Waals surface area contributed by atoms with Crippen molar-refractivity contribution in [1.29, 1.82) is 0 Å². The van der Waals surface area contributed by atoms with E-state index in [4.69, 9.17) is 23.1 Å². The Labute approximate surface area is 168 Å². The van der Waals surface area contributed by atoms with Gasteiger partial charge in [-0.25, -0.2) is 0 Å². The molecule has 0 aliphatic heterocycles. The Morgan fingerprint density at radius 1 is 1.21 bits per heavy atom. The van der Waals surface area contributed by atoms with Gasteiger partial charge >= 0.3 is 0 Å². The average molecular weight is 421 g/mol. The predicted molar refractivity (Wildman–Crippen MR) is 101 cm³/mol. The van der Waals surface area contributed by atoms with Crippen LogP contribution in [0.25, 0.3) is 5.76 Å². The summed E-state index contributed by atoms with van der Waals surface area (Å²) in [5.74, 6) is -6.87. The number of hydrogen-bond donors (Lipinski definition) is 6. The summed E-state index contributed by atoms with van der Waals surface area (Å²) >= 11 is 6.00. The first kappa shape index (κ1) is 19.3. The number of anilines is 1. The summed E-state index contributed by atoms with van der Waals surface area (Å²) in [4.78, 5) is 37.0. The molecule has 1 amide bonds. The number of phenols is 1. The maximum Gasteiger partial charge on any atom is 0.255 e. The van der Waals surface area contributed by atoms with Crippen molar-refractivity contribution in [3.05, 3.63) is 39.1 Å². The van der Waals surface area contributed by atoms with Crippen LogP contribution in [0.15, 0.2) is 23.0 Å². The van der Waals surface area contributed by atoms with E-state index in [9.17, 15) is 34.8 Å². The number of primary amides is 1. The molecule has 0 spiro atoms. The zero-order valence-corrected chi connectivity index (χ0v) is 15.7. The molecule has 3 atom stereocenters. The zero-order chi connectivity index (χ0) is 21.4. The number of phenolic OH excluding ortho intramolecular Hbond substituents is 1. The smallest absolute Gasteiger partial charge is 0.255 e. The van der Waals surface area contributed by atoms with Gasteiger partial charge in [0.2, 0.25) is 5.78 Å². The number of fused-ring (bicyclic) bond motifs is 3. The number of Topliss-reactive ketones (excluding diaryl/α,β-unsaturated/α-hetero) is 2. The molecule has 29 heavy (non-hydrogen) atoms. The van der Waals surface area contributed by atoms with Crippen LogP contribution in [0, 0.1) is 11.8 Å². The third-order valence-electron chi connectivity index (χ3n) is 6.06. The molecule has 0 unspecified atom stereocenters. The predicted octanol–water partition coefficient (Wildman–Crippen LogP) is 0.659. The van der Waals surface area contributed by atoms with Crippen molar-refractivity contribution in [2.24, 2.45) is 17.6 Å². The molecule has 1 fully saturated rings. The van der Waals surface area contributed by atoms with Crippen LogP contribution in [0.5, 0.6) is 5.75 Å². The average Bonchev–Trinajstić information content (AvgIpc) is 2.62. The number of rotatable bonds is 1. The second-order valence-electron chi connectivity index (χ2n) is 7.55. The van der Waals surface area contributed by atoms with Crippen molar-refractivity contribution in [3.63, 3.8) is 0 Å². The fourth-order valence-corrected chi connectivity index (χ4v) is 4.91. The second kappa shape index (κ2) is 5.98. The van der Waals surface area contributed by atoms with Crippen LogP contribution < -0.4 is 11.5 Å². The Hall–Kier alpha value is -3.04. The highest BCUT2D eigenvalue weighted by Gasteiger charge is 2.60. The molecular formula is C19H17ClN2O7. The first-order valence-electron chi connectivity index (χ1n) is 8.77. The highest BCUT2D eigenvalue weighted by atomic mass is 35.5. The van der Waals surface area contributed by atoms with Gasteiger partial charge in [-0.3, -0.25) is 14.4 Å². The topological polar surface area (TPSA) is 184 Å². The van der Waals surface area contributed by atoms with Crippen LogP contribution >= 0.6 is 11.6 Å². The third kappa shape index (κ3) is 2.34. The van der Waals surface area contributed by atoms with Gasteiger partial charge in [-0.05, 0) is 24.3 Å². The van der Waals surface area contributed by atoms with Crippen LogP contribution in [-0.2, 0) is 20.8 Å². The van der Waals surface area contributed by atoms with Gasteiger partial charge in [-0.15, -0.1) is 0 Å². The Morgan fingerprint density at radius 3 is 2.48 bits per heavy atom. The number of amides is 1. The van der Waals surface area contributed by atoms with E-state index in [1.54, 1.807) is 0 Å². The Morgan fingerprint density at radius 2 is 1.86 bits per heavy atom. The van der Waals surface area contributed by atoms with E-state index >= 15 is 0 Å². The molecule has 1 saturated carbocycles. The molecule has 1 aromatic rings. The SMILES string of the molecule is NC(=O)C1=C(O)[C@@]2(O)C(=O)C3=C(O)c4c(O)cc(Cl)c(N)c4C[C@H]3C[C@H]2CC1=O. The van der Waals surface area contributed by atoms with Crippen LogP contribution in [-0.4, -0.2) is 43.5 Å². The first-order valence-corrected chi connectivity index (χ1v) is 9.15. The summed E-state index contributed by atoms with van der Waals surface area (Å²) < 4.78 is 0. The maximum atomic E-state index is 13.2. The van der Waals surface area contributed by atoms with Crippen molar-refractivity contribution in [2.45, 2.75) is 24.9 Å². The monoisotopic (exact) mass is 420 g/mol. The Kier molecular flexibility index (Phi) is 3.97. The quantitative estimate of drug-likeness (QED) is 0.217. The number of nitrogens with two attached hydrogens (primary N) is 2. The normalized spacial score (nSPS) is 28.8. The van der Waals surface area contributed by atoms with Crippen LogP contribution in [0.3, 0.4) is 0 Å². The molecule has 152 valence electrons. The lowest BCUT2D eigenvalue weighted by Gasteiger charge is -2.46. The first-order chi connectivity index (χ1) is 13.5. The van der Waals surface area contributed by atoms with E-state index in [-0.39, 0.29) is 41.1 Å². The molecule has 8 N–H and O–H groups in total. The van der Waals surface area contributed by atoms with E-state index in [1.165, 1.54) is 0 Å². The number of nitrogen functional groups attached to an aromatic ring is 1. The lowest BCUT2D eigenvalue weighted by molar-refractivity contribution is -0.147. The lowest BCUT2D eigenvalue weighted by atomic mass is 9.59. The number of ketones is 2. The molecule has 10 heteroatoms. The molecule has 0 bridgehead atoms. The maximum absolute atomic E-state index is 13.2. The van der Waals surface area contributed by atoms with Gasteiger partial charge in [0.25, 0.3) is 5.91 Å². The van der Waals surface area contributed by atoms with Crippen molar-refractivity contribution in [3.8, 4) is 5.75 Å². The van der Waals surface area contributed by atoms with E-state index in [1.807, 2.05) is 0 Å². The van der Waals surface area contributed by atoms with Crippen molar-refractivity contribution in [2.75, 3.05) is 5.73 Å². The summed E-state index contributed by atoms with van der Waals surface area (Å²) in [6.45, 7) is 0. The lowest BCUT2D eigenvalue weighted by Crippen LogP contribution is -2.58. The summed E-state index contributed by atoms with van der Waals surface area (Å²) in [5, 5.41) is 42.6. The minimum atomic E-state index is -2.58. The fraction of sp³-hybridized carbons (Fsp3) is 0.316.